The van der Waals surface area contributed by atoms with Gasteiger partial charge in [0, 0.05) is 53.4 Å². The molecule has 7 heteroatoms. The third-order valence-electron chi connectivity index (χ3n) is 6.96. The second kappa shape index (κ2) is 11.8. The van der Waals surface area contributed by atoms with Gasteiger partial charge in [-0.1, -0.05) is 29.8 Å². The summed E-state index contributed by atoms with van der Waals surface area (Å²) in [6, 6.07) is 26.4. The highest BCUT2D eigenvalue weighted by Gasteiger charge is 2.23. The normalized spacial score (nSPS) is 14.7. The van der Waals surface area contributed by atoms with Gasteiger partial charge in [0.15, 0.2) is 5.78 Å². The number of halogens is 1. The Bertz CT molecular complexity index is 1450. The molecule has 1 atom stereocenters. The average Bonchev–Trinajstić information content (AvgIpc) is 3.49. The molecule has 1 aliphatic rings. The molecule has 4 aromatic rings. The first kappa shape index (κ1) is 26.6. The van der Waals surface area contributed by atoms with Crippen LogP contribution in [0.4, 0.5) is 22.7 Å². The quantitative estimate of drug-likeness (QED) is 0.209. The minimum Gasteiger partial charge on any atom is -0.376 e. The highest BCUT2D eigenvalue weighted by Crippen LogP contribution is 2.31. The Labute approximate surface area is 233 Å². The van der Waals surface area contributed by atoms with Crippen molar-refractivity contribution in [3.63, 3.8) is 0 Å². The van der Waals surface area contributed by atoms with Crippen molar-refractivity contribution in [1.82, 2.24) is 4.98 Å². The predicted molar refractivity (Wildman–Crippen MR) is 156 cm³/mol. The van der Waals surface area contributed by atoms with Gasteiger partial charge in [-0.2, -0.15) is 0 Å². The van der Waals surface area contributed by atoms with Gasteiger partial charge >= 0.3 is 0 Å². The van der Waals surface area contributed by atoms with Crippen LogP contribution in [0.2, 0.25) is 5.02 Å². The molecule has 1 aliphatic heterocycles. The van der Waals surface area contributed by atoms with Crippen LogP contribution in [0, 0.1) is 0 Å². The van der Waals surface area contributed by atoms with E-state index in [0.29, 0.717) is 28.4 Å². The van der Waals surface area contributed by atoms with E-state index in [0.717, 1.165) is 42.2 Å². The number of para-hydroxylation sites is 1. The van der Waals surface area contributed by atoms with Gasteiger partial charge in [0.1, 0.15) is 5.69 Å². The lowest BCUT2D eigenvalue weighted by Gasteiger charge is -2.28. The van der Waals surface area contributed by atoms with E-state index in [-0.39, 0.29) is 17.7 Å². The molecule has 0 aliphatic carbocycles. The molecule has 6 nitrogen and oxygen atoms in total. The monoisotopic (exact) mass is 539 g/mol. The summed E-state index contributed by atoms with van der Waals surface area (Å²) >= 11 is 6.02. The van der Waals surface area contributed by atoms with Crippen LogP contribution in [0.3, 0.4) is 0 Å². The van der Waals surface area contributed by atoms with Gasteiger partial charge in [0.25, 0.3) is 0 Å². The van der Waals surface area contributed by atoms with Crippen molar-refractivity contribution in [2.45, 2.75) is 25.9 Å². The molecule has 5 rings (SSSR count). The van der Waals surface area contributed by atoms with Crippen LogP contribution in [0.5, 0.6) is 0 Å². The van der Waals surface area contributed by atoms with Crippen LogP contribution in [0.1, 0.15) is 46.2 Å². The summed E-state index contributed by atoms with van der Waals surface area (Å²) in [5, 5.41) is 0.667. The molecule has 1 aromatic heterocycles. The highest BCUT2D eigenvalue weighted by atomic mass is 35.5. The number of aromatic nitrogens is 1. The summed E-state index contributed by atoms with van der Waals surface area (Å²) in [5.74, 6) is -0.353. The molecule has 0 radical (unpaired) electrons. The molecule has 198 valence electrons. The molecule has 1 fully saturated rings. The molecule has 1 unspecified atom stereocenters. The zero-order valence-corrected chi connectivity index (χ0v) is 22.8. The zero-order chi connectivity index (χ0) is 27.4. The fourth-order valence-corrected chi connectivity index (χ4v) is 4.87. The number of Topliss-reactive ketones (excluding diaryl/α,β-unsaturated/α-hetero) is 1. The minimum absolute atomic E-state index is 0.0807. The number of ether oxygens (including phenoxy) is 1. The summed E-state index contributed by atoms with van der Waals surface area (Å²) in [6.45, 7) is 2.89. The van der Waals surface area contributed by atoms with Crippen molar-refractivity contribution in [2.24, 2.45) is 0 Å². The van der Waals surface area contributed by atoms with Crippen LogP contribution in [-0.2, 0) is 4.74 Å². The van der Waals surface area contributed by atoms with Crippen molar-refractivity contribution >= 4 is 45.9 Å². The molecule has 0 saturated carbocycles. The number of carbonyl (C=O) groups is 2. The van der Waals surface area contributed by atoms with Crippen LogP contribution in [0.25, 0.3) is 0 Å². The average molecular weight is 540 g/mol. The van der Waals surface area contributed by atoms with E-state index in [1.165, 1.54) is 6.92 Å². The Morgan fingerprint density at radius 2 is 1.62 bits per heavy atom. The van der Waals surface area contributed by atoms with E-state index < -0.39 is 0 Å². The molecule has 0 amide bonds. The molecule has 1 saturated heterocycles. The Kier molecular flexibility index (Phi) is 8.05. The lowest BCUT2D eigenvalue weighted by molar-refractivity contribution is 0.101. The standard InChI is InChI=1S/C32H30ClN3O3/c1-22(37)23-17-24(19-29(18-23)36(21-30-9-6-16-39-30)27-7-4-3-5-8-27)32(38)31-15-14-28(20-34-31)35(2)26-12-10-25(33)11-13-26/h3-5,7-8,10-15,17-20,30H,6,9,16,21H2,1-2H3. The lowest BCUT2D eigenvalue weighted by atomic mass is 10.0. The van der Waals surface area contributed by atoms with Crippen LogP contribution in [0.15, 0.2) is 91.1 Å². The smallest absolute Gasteiger partial charge is 0.211 e. The van der Waals surface area contributed by atoms with Gasteiger partial charge in [-0.15, -0.1) is 0 Å². The van der Waals surface area contributed by atoms with Gasteiger partial charge < -0.3 is 14.5 Å². The molecule has 0 spiro atoms. The number of hydrogen-bond acceptors (Lipinski definition) is 6. The van der Waals surface area contributed by atoms with Crippen LogP contribution >= 0.6 is 11.6 Å². The third kappa shape index (κ3) is 6.19. The van der Waals surface area contributed by atoms with Crippen LogP contribution < -0.4 is 9.80 Å². The Morgan fingerprint density at radius 1 is 0.897 bits per heavy atom. The number of hydrogen-bond donors (Lipinski definition) is 0. The lowest BCUT2D eigenvalue weighted by Crippen LogP contribution is -2.28. The first-order valence-electron chi connectivity index (χ1n) is 13.0. The molecule has 39 heavy (non-hydrogen) atoms. The summed E-state index contributed by atoms with van der Waals surface area (Å²) < 4.78 is 5.92. The summed E-state index contributed by atoms with van der Waals surface area (Å²) in [7, 11) is 1.93. The largest absolute Gasteiger partial charge is 0.376 e. The fraction of sp³-hybridized carbons (Fsp3) is 0.219. The molecular formula is C32H30ClN3O3. The van der Waals surface area contributed by atoms with Gasteiger partial charge in [-0.25, -0.2) is 0 Å². The van der Waals surface area contributed by atoms with Crippen molar-refractivity contribution in [3.8, 4) is 0 Å². The topological polar surface area (TPSA) is 62.7 Å². The minimum atomic E-state index is -0.245. The number of rotatable bonds is 9. The van der Waals surface area contributed by atoms with Crippen molar-refractivity contribution in [2.75, 3.05) is 30.0 Å². The van der Waals surface area contributed by atoms with Gasteiger partial charge in [-0.3, -0.25) is 14.6 Å². The summed E-state index contributed by atoms with van der Waals surface area (Å²) in [4.78, 5) is 34.7. The Morgan fingerprint density at radius 3 is 2.26 bits per heavy atom. The van der Waals surface area contributed by atoms with Crippen molar-refractivity contribution < 1.29 is 14.3 Å². The first-order valence-corrected chi connectivity index (χ1v) is 13.4. The molecule has 0 N–H and O–H groups in total. The number of nitrogens with zero attached hydrogens (tertiary/aromatic N) is 3. The zero-order valence-electron chi connectivity index (χ0n) is 22.0. The summed E-state index contributed by atoms with van der Waals surface area (Å²) in [6.07, 6.45) is 3.75. The Hall–Kier alpha value is -4.00. The number of pyridine rings is 1. The van der Waals surface area contributed by atoms with E-state index in [1.54, 1.807) is 18.3 Å². The maximum absolute atomic E-state index is 13.6. The fourth-order valence-electron chi connectivity index (χ4n) is 4.74. The number of anilines is 4. The van der Waals surface area contributed by atoms with E-state index in [4.69, 9.17) is 16.3 Å². The first-order chi connectivity index (χ1) is 18.9. The van der Waals surface area contributed by atoms with Crippen molar-refractivity contribution in [1.29, 1.82) is 0 Å². The summed E-state index contributed by atoms with van der Waals surface area (Å²) in [5.41, 5.74) is 4.72. The van der Waals surface area contributed by atoms with E-state index in [9.17, 15) is 9.59 Å². The molecule has 2 heterocycles. The van der Waals surface area contributed by atoms with Gasteiger partial charge in [0.05, 0.1) is 18.0 Å². The van der Waals surface area contributed by atoms with Crippen molar-refractivity contribution in [3.05, 3.63) is 113 Å². The van der Waals surface area contributed by atoms with Crippen LogP contribution in [-0.4, -0.2) is 42.9 Å². The molecule has 0 bridgehead atoms. The maximum Gasteiger partial charge on any atom is 0.211 e. The number of carbonyl (C=O) groups excluding carboxylic acids is 2. The second-order valence-corrected chi connectivity index (χ2v) is 10.1. The Balaban J connectivity index is 1.46. The van der Waals surface area contributed by atoms with Gasteiger partial charge in [-0.05, 0) is 86.5 Å². The predicted octanol–water partition coefficient (Wildman–Crippen LogP) is 7.25. The van der Waals surface area contributed by atoms with E-state index in [1.807, 2.05) is 84.7 Å². The highest BCUT2D eigenvalue weighted by molar-refractivity contribution is 6.30. The third-order valence-corrected chi connectivity index (χ3v) is 7.21. The molecule has 3 aromatic carbocycles. The maximum atomic E-state index is 13.6. The second-order valence-electron chi connectivity index (χ2n) is 9.67. The number of ketones is 2. The van der Waals surface area contributed by atoms with E-state index in [2.05, 4.69) is 9.88 Å². The number of benzene rings is 3. The van der Waals surface area contributed by atoms with Gasteiger partial charge in [0.2, 0.25) is 5.78 Å². The SMILES string of the molecule is CC(=O)c1cc(C(=O)c2ccc(N(C)c3ccc(Cl)cc3)cn2)cc(N(CC2CCCO2)c2ccccc2)c1. The van der Waals surface area contributed by atoms with E-state index >= 15 is 0 Å². The molecular weight excluding hydrogens is 510 g/mol.